The average molecular weight is 449 g/mol. The second-order valence-corrected chi connectivity index (χ2v) is 7.01. The number of aromatic nitrogens is 2. The monoisotopic (exact) mass is 449 g/mol. The highest BCUT2D eigenvalue weighted by Gasteiger charge is 2.11. The van der Waals surface area contributed by atoms with Crippen LogP contribution in [0.15, 0.2) is 106 Å². The van der Waals surface area contributed by atoms with Gasteiger partial charge in [0.15, 0.2) is 11.2 Å². The molecule has 2 N–H and O–H groups in total. The first-order valence-electron chi connectivity index (χ1n) is 9.97. The molecular formula is C26H18AlN2O4. The number of hydrogen-bond acceptors (Lipinski definition) is 6. The fourth-order valence-corrected chi connectivity index (χ4v) is 3.28. The van der Waals surface area contributed by atoms with E-state index in [1.54, 1.807) is 36.4 Å². The molecule has 7 heteroatoms. The van der Waals surface area contributed by atoms with Gasteiger partial charge in [-0.15, -0.1) is 0 Å². The molecule has 4 aromatic carbocycles. The summed E-state index contributed by atoms with van der Waals surface area (Å²) in [7, 11) is 0. The average Bonchev–Trinajstić information content (AvgIpc) is 3.44. The van der Waals surface area contributed by atoms with Crippen molar-refractivity contribution in [3.05, 3.63) is 97.1 Å². The first kappa shape index (κ1) is 22.2. The van der Waals surface area contributed by atoms with E-state index in [0.717, 1.165) is 22.2 Å². The maximum atomic E-state index is 9.69. The van der Waals surface area contributed by atoms with Crippen LogP contribution in [0.25, 0.3) is 45.1 Å². The van der Waals surface area contributed by atoms with Gasteiger partial charge in [0.25, 0.3) is 0 Å². The lowest BCUT2D eigenvalue weighted by Crippen LogP contribution is -1.77. The van der Waals surface area contributed by atoms with Crippen molar-refractivity contribution in [2.24, 2.45) is 0 Å². The van der Waals surface area contributed by atoms with Gasteiger partial charge < -0.3 is 19.0 Å². The van der Waals surface area contributed by atoms with Crippen LogP contribution in [0, 0.1) is 0 Å². The minimum atomic E-state index is 0. The van der Waals surface area contributed by atoms with Crippen LogP contribution >= 0.6 is 0 Å². The van der Waals surface area contributed by atoms with Crippen molar-refractivity contribution < 1.29 is 19.0 Å². The molecule has 0 aliphatic heterocycles. The van der Waals surface area contributed by atoms with E-state index in [2.05, 4.69) is 9.97 Å². The number of fused-ring (bicyclic) bond motifs is 2. The van der Waals surface area contributed by atoms with Gasteiger partial charge in [-0.1, -0.05) is 48.5 Å². The highest BCUT2D eigenvalue weighted by molar-refractivity contribution is 5.78. The number of hydrogen-bond donors (Lipinski definition) is 2. The first-order chi connectivity index (χ1) is 15.7. The van der Waals surface area contributed by atoms with E-state index in [9.17, 15) is 10.2 Å². The Balaban J connectivity index is 0.000000152. The van der Waals surface area contributed by atoms with Crippen molar-refractivity contribution in [1.82, 2.24) is 9.97 Å². The zero-order valence-electron chi connectivity index (χ0n) is 17.4. The van der Waals surface area contributed by atoms with E-state index in [0.29, 0.717) is 22.9 Å². The lowest BCUT2D eigenvalue weighted by atomic mass is 10.2. The predicted octanol–water partition coefficient (Wildman–Crippen LogP) is 6.02. The number of phenols is 2. The van der Waals surface area contributed by atoms with Crippen LogP contribution in [-0.2, 0) is 0 Å². The molecule has 159 valence electrons. The first-order valence-corrected chi connectivity index (χ1v) is 9.97. The fourth-order valence-electron chi connectivity index (χ4n) is 3.28. The zero-order chi connectivity index (χ0) is 21.9. The lowest BCUT2D eigenvalue weighted by molar-refractivity contribution is 0.473. The van der Waals surface area contributed by atoms with Crippen LogP contribution < -0.4 is 0 Å². The van der Waals surface area contributed by atoms with Crippen LogP contribution in [0.2, 0.25) is 0 Å². The Morgan fingerprint density at radius 2 is 0.848 bits per heavy atom. The third kappa shape index (κ3) is 4.60. The molecule has 3 radical (unpaired) electrons. The minimum Gasteiger partial charge on any atom is -0.507 e. The van der Waals surface area contributed by atoms with Crippen LogP contribution in [0.3, 0.4) is 0 Å². The second kappa shape index (κ2) is 9.62. The molecule has 0 fully saturated rings. The smallest absolute Gasteiger partial charge is 0.231 e. The highest BCUT2D eigenvalue weighted by Crippen LogP contribution is 2.31. The van der Waals surface area contributed by atoms with E-state index in [1.807, 2.05) is 60.7 Å². The van der Waals surface area contributed by atoms with Crippen LogP contribution in [-0.4, -0.2) is 37.5 Å². The SMILES string of the molecule is Oc1ccccc1-c1nc2ccccc2o1.Oc1ccccc1-c1nc2ccccc2o1.[Al]. The Bertz CT molecular complexity index is 1340. The van der Waals surface area contributed by atoms with Crippen molar-refractivity contribution >= 4 is 39.6 Å². The molecule has 0 saturated carbocycles. The molecule has 2 heterocycles. The van der Waals surface area contributed by atoms with Crippen molar-refractivity contribution in [2.45, 2.75) is 0 Å². The van der Waals surface area contributed by atoms with Crippen molar-refractivity contribution in [2.75, 3.05) is 0 Å². The molecule has 33 heavy (non-hydrogen) atoms. The van der Waals surface area contributed by atoms with E-state index < -0.39 is 0 Å². The number of oxazole rings is 2. The van der Waals surface area contributed by atoms with Gasteiger partial charge in [-0.05, 0) is 48.5 Å². The van der Waals surface area contributed by atoms with E-state index in [4.69, 9.17) is 8.83 Å². The van der Waals surface area contributed by atoms with Crippen molar-refractivity contribution in [3.63, 3.8) is 0 Å². The molecule has 6 rings (SSSR count). The minimum absolute atomic E-state index is 0. The summed E-state index contributed by atoms with van der Waals surface area (Å²) in [6, 6.07) is 29.0. The maximum absolute atomic E-state index is 9.69. The number of aromatic hydroxyl groups is 2. The third-order valence-electron chi connectivity index (χ3n) is 4.86. The van der Waals surface area contributed by atoms with E-state index in [-0.39, 0.29) is 28.9 Å². The molecule has 0 aliphatic rings. The summed E-state index contributed by atoms with van der Waals surface area (Å²) in [4.78, 5) is 8.63. The number of benzene rings is 4. The molecule has 6 nitrogen and oxygen atoms in total. The molecule has 0 atom stereocenters. The van der Waals surface area contributed by atoms with Gasteiger partial charge in [0.05, 0.1) is 11.1 Å². The normalized spacial score (nSPS) is 10.4. The van der Waals surface area contributed by atoms with Crippen LogP contribution in [0.1, 0.15) is 0 Å². The molecule has 0 saturated heterocycles. The van der Waals surface area contributed by atoms with Gasteiger partial charge in [0.2, 0.25) is 11.8 Å². The number of nitrogens with zero attached hydrogens (tertiary/aromatic N) is 2. The van der Waals surface area contributed by atoms with Crippen molar-refractivity contribution in [1.29, 1.82) is 0 Å². The Morgan fingerprint density at radius 1 is 0.485 bits per heavy atom. The molecule has 0 aliphatic carbocycles. The number of para-hydroxylation sites is 6. The Morgan fingerprint density at radius 3 is 1.24 bits per heavy atom. The third-order valence-corrected chi connectivity index (χ3v) is 4.86. The molecule has 2 aromatic heterocycles. The molecule has 0 unspecified atom stereocenters. The Labute approximate surface area is 199 Å². The zero-order valence-corrected chi connectivity index (χ0v) is 18.6. The number of phenolic OH excluding ortho intramolecular Hbond substituents is 2. The van der Waals surface area contributed by atoms with Gasteiger partial charge in [0.1, 0.15) is 22.5 Å². The Hall–Kier alpha value is -4.05. The molecular weight excluding hydrogens is 431 g/mol. The van der Waals surface area contributed by atoms with E-state index >= 15 is 0 Å². The summed E-state index contributed by atoms with van der Waals surface area (Å²) in [6.45, 7) is 0. The highest BCUT2D eigenvalue weighted by atomic mass is 27.0. The molecule has 0 spiro atoms. The predicted molar refractivity (Wildman–Crippen MR) is 128 cm³/mol. The van der Waals surface area contributed by atoms with Gasteiger partial charge in [-0.3, -0.25) is 0 Å². The van der Waals surface area contributed by atoms with Gasteiger partial charge in [-0.25, -0.2) is 9.97 Å². The fraction of sp³-hybridized carbons (Fsp3) is 0. The molecule has 0 bridgehead atoms. The molecule has 0 amide bonds. The summed E-state index contributed by atoms with van der Waals surface area (Å²) in [6.07, 6.45) is 0. The summed E-state index contributed by atoms with van der Waals surface area (Å²) in [5, 5.41) is 19.4. The summed E-state index contributed by atoms with van der Waals surface area (Å²) < 4.78 is 11.1. The standard InChI is InChI=1S/2C13H9NO2.Al/c2*15-11-7-3-1-5-9(11)13-14-10-6-2-4-8-12(10)16-13;/h2*1-8,15H;. The van der Waals surface area contributed by atoms with Crippen LogP contribution in [0.4, 0.5) is 0 Å². The van der Waals surface area contributed by atoms with Gasteiger partial charge in [0, 0.05) is 17.4 Å². The van der Waals surface area contributed by atoms with Gasteiger partial charge >= 0.3 is 0 Å². The lowest BCUT2D eigenvalue weighted by Gasteiger charge is -1.97. The summed E-state index contributed by atoms with van der Waals surface area (Å²) >= 11 is 0. The largest absolute Gasteiger partial charge is 0.507 e. The summed E-state index contributed by atoms with van der Waals surface area (Å²) in [5.74, 6) is 1.24. The van der Waals surface area contributed by atoms with Crippen LogP contribution in [0.5, 0.6) is 11.5 Å². The van der Waals surface area contributed by atoms with E-state index in [1.165, 1.54) is 0 Å². The second-order valence-electron chi connectivity index (χ2n) is 7.01. The quantitative estimate of drug-likeness (QED) is 0.314. The molecule has 6 aromatic rings. The topological polar surface area (TPSA) is 92.5 Å². The maximum Gasteiger partial charge on any atom is 0.231 e. The number of rotatable bonds is 2. The Kier molecular flexibility index (Phi) is 6.46. The van der Waals surface area contributed by atoms with Gasteiger partial charge in [-0.2, -0.15) is 0 Å². The summed E-state index contributed by atoms with van der Waals surface area (Å²) in [5.41, 5.74) is 4.25. The van der Waals surface area contributed by atoms with Crippen molar-refractivity contribution in [3.8, 4) is 34.4 Å².